The van der Waals surface area contributed by atoms with Crippen LogP contribution in [0.1, 0.15) is 0 Å². The normalized spacial score (nSPS) is 12.6. The van der Waals surface area contributed by atoms with Crippen molar-refractivity contribution in [1.29, 1.82) is 0 Å². The van der Waals surface area contributed by atoms with Gasteiger partial charge in [0, 0.05) is 9.79 Å². The molecule has 0 spiro atoms. The molecule has 0 saturated heterocycles. The standard InChI is InChI=1S/C14H11N2OS/c17-10-15-9-16-11-5-1-3-7-13(11)18-14-8-4-2-6-12(14)16/h1-8H,9H2,(H,15,17). The van der Waals surface area contributed by atoms with Crippen LogP contribution in [-0.4, -0.2) is 13.1 Å². The molecular weight excluding hydrogens is 244 g/mol. The maximum Gasteiger partial charge on any atom is 0.310 e. The van der Waals surface area contributed by atoms with Crippen LogP contribution in [0.4, 0.5) is 11.4 Å². The Kier molecular flexibility index (Phi) is 2.94. The SMILES string of the molecule is O=[C]NCN1c2ccccc2Sc2ccccc21. The summed E-state index contributed by atoms with van der Waals surface area (Å²) >= 11 is 1.75. The smallest absolute Gasteiger partial charge is 0.310 e. The predicted molar refractivity (Wildman–Crippen MR) is 72.8 cm³/mol. The van der Waals surface area contributed by atoms with E-state index in [9.17, 15) is 4.79 Å². The Labute approximate surface area is 110 Å². The molecule has 0 bridgehead atoms. The molecule has 0 unspecified atom stereocenters. The van der Waals surface area contributed by atoms with E-state index in [-0.39, 0.29) is 0 Å². The maximum absolute atomic E-state index is 10.4. The van der Waals surface area contributed by atoms with Gasteiger partial charge in [-0.05, 0) is 24.3 Å². The van der Waals surface area contributed by atoms with Gasteiger partial charge in [0.25, 0.3) is 0 Å². The average Bonchev–Trinajstić information content (AvgIpc) is 2.43. The number of benzene rings is 2. The number of nitrogens with one attached hydrogen (secondary N) is 1. The van der Waals surface area contributed by atoms with E-state index in [0.29, 0.717) is 6.67 Å². The van der Waals surface area contributed by atoms with Crippen molar-refractivity contribution in [3.8, 4) is 0 Å². The molecule has 1 amide bonds. The zero-order valence-corrected chi connectivity index (χ0v) is 10.4. The highest BCUT2D eigenvalue weighted by Gasteiger charge is 2.22. The van der Waals surface area contributed by atoms with E-state index >= 15 is 0 Å². The second-order valence-corrected chi connectivity index (χ2v) is 4.99. The van der Waals surface area contributed by atoms with Crippen molar-refractivity contribution in [2.75, 3.05) is 11.6 Å². The molecule has 0 aromatic heterocycles. The van der Waals surface area contributed by atoms with Crippen molar-refractivity contribution in [2.45, 2.75) is 9.79 Å². The number of rotatable bonds is 3. The van der Waals surface area contributed by atoms with E-state index in [2.05, 4.69) is 34.5 Å². The van der Waals surface area contributed by atoms with Gasteiger partial charge < -0.3 is 10.2 Å². The van der Waals surface area contributed by atoms with Gasteiger partial charge in [-0.2, -0.15) is 0 Å². The fraction of sp³-hybridized carbons (Fsp3) is 0.0714. The molecule has 1 aliphatic rings. The number of fused-ring (bicyclic) bond motifs is 2. The van der Waals surface area contributed by atoms with Crippen LogP contribution in [0.15, 0.2) is 58.3 Å². The quantitative estimate of drug-likeness (QED) is 0.856. The predicted octanol–water partition coefficient (Wildman–Crippen LogP) is 2.90. The third-order valence-corrected chi connectivity index (χ3v) is 3.97. The Hall–Kier alpha value is -1.94. The van der Waals surface area contributed by atoms with Gasteiger partial charge in [0.2, 0.25) is 0 Å². The van der Waals surface area contributed by atoms with E-state index in [4.69, 9.17) is 0 Å². The number of carbonyl (C=O) groups excluding carboxylic acids is 1. The zero-order valence-electron chi connectivity index (χ0n) is 9.59. The number of anilines is 2. The van der Waals surface area contributed by atoms with Crippen LogP contribution in [0.5, 0.6) is 0 Å². The molecule has 4 heteroatoms. The van der Waals surface area contributed by atoms with Gasteiger partial charge >= 0.3 is 6.41 Å². The summed E-state index contributed by atoms with van der Waals surface area (Å²) in [6.45, 7) is 0.429. The summed E-state index contributed by atoms with van der Waals surface area (Å²) in [5.41, 5.74) is 2.23. The van der Waals surface area contributed by atoms with Crippen molar-refractivity contribution in [3.05, 3.63) is 48.5 Å². The number of hydrogen-bond acceptors (Lipinski definition) is 3. The molecule has 0 aliphatic carbocycles. The summed E-state index contributed by atoms with van der Waals surface area (Å²) in [5.74, 6) is 0. The molecule has 18 heavy (non-hydrogen) atoms. The first-order valence-electron chi connectivity index (χ1n) is 5.63. The molecule has 3 nitrogen and oxygen atoms in total. The van der Waals surface area contributed by atoms with E-state index in [1.807, 2.05) is 24.3 Å². The molecule has 2 aromatic rings. The largest absolute Gasteiger partial charge is 0.330 e. The van der Waals surface area contributed by atoms with Gasteiger partial charge in [-0.15, -0.1) is 0 Å². The molecule has 0 saturated carbocycles. The van der Waals surface area contributed by atoms with Gasteiger partial charge in [0.15, 0.2) is 0 Å². The molecule has 1 aliphatic heterocycles. The lowest BCUT2D eigenvalue weighted by molar-refractivity contribution is 0.542. The molecule has 3 rings (SSSR count). The lowest BCUT2D eigenvalue weighted by Gasteiger charge is -2.32. The summed E-state index contributed by atoms with van der Waals surface area (Å²) in [6, 6.07) is 16.4. The molecule has 1 radical (unpaired) electrons. The van der Waals surface area contributed by atoms with Crippen LogP contribution in [0, 0.1) is 0 Å². The Morgan fingerprint density at radius 2 is 1.56 bits per heavy atom. The second kappa shape index (κ2) is 4.74. The Balaban J connectivity index is 2.08. The lowest BCUT2D eigenvalue weighted by Crippen LogP contribution is -2.31. The summed E-state index contributed by atoms with van der Waals surface area (Å²) in [6.07, 6.45) is 1.73. The van der Waals surface area contributed by atoms with Crippen LogP contribution in [0.3, 0.4) is 0 Å². The van der Waals surface area contributed by atoms with Crippen LogP contribution >= 0.6 is 11.8 Å². The minimum atomic E-state index is 0.429. The van der Waals surface area contributed by atoms with Gasteiger partial charge in [0.1, 0.15) is 0 Å². The molecule has 0 fully saturated rings. The fourth-order valence-electron chi connectivity index (χ4n) is 2.06. The van der Waals surface area contributed by atoms with E-state index in [1.165, 1.54) is 9.79 Å². The third-order valence-electron chi connectivity index (χ3n) is 2.84. The first-order valence-corrected chi connectivity index (χ1v) is 6.45. The van der Waals surface area contributed by atoms with E-state index < -0.39 is 0 Å². The van der Waals surface area contributed by atoms with Gasteiger partial charge in [0.05, 0.1) is 18.0 Å². The van der Waals surface area contributed by atoms with Crippen molar-refractivity contribution in [3.63, 3.8) is 0 Å². The van der Waals surface area contributed by atoms with Crippen LogP contribution in [0.2, 0.25) is 0 Å². The van der Waals surface area contributed by atoms with Crippen molar-refractivity contribution < 1.29 is 4.79 Å². The lowest BCUT2D eigenvalue weighted by atomic mass is 10.2. The number of nitrogens with zero attached hydrogens (tertiary/aromatic N) is 1. The van der Waals surface area contributed by atoms with Crippen LogP contribution < -0.4 is 10.2 Å². The summed E-state index contributed by atoms with van der Waals surface area (Å²) < 4.78 is 0. The second-order valence-electron chi connectivity index (χ2n) is 3.90. The summed E-state index contributed by atoms with van der Waals surface area (Å²) in [5, 5.41) is 2.61. The number of para-hydroxylation sites is 2. The van der Waals surface area contributed by atoms with E-state index in [0.717, 1.165) is 11.4 Å². The number of amides is 1. The zero-order chi connectivity index (χ0) is 12.4. The van der Waals surface area contributed by atoms with Crippen molar-refractivity contribution in [2.24, 2.45) is 0 Å². The highest BCUT2D eigenvalue weighted by atomic mass is 32.2. The van der Waals surface area contributed by atoms with E-state index in [1.54, 1.807) is 18.2 Å². The Morgan fingerprint density at radius 1 is 1.00 bits per heavy atom. The maximum atomic E-state index is 10.4. The molecule has 1 heterocycles. The fourth-order valence-corrected chi connectivity index (χ4v) is 3.16. The minimum absolute atomic E-state index is 0.429. The minimum Gasteiger partial charge on any atom is -0.330 e. The monoisotopic (exact) mass is 255 g/mol. The van der Waals surface area contributed by atoms with Crippen LogP contribution in [-0.2, 0) is 4.79 Å². The molecule has 1 N–H and O–H groups in total. The molecule has 2 aromatic carbocycles. The highest BCUT2D eigenvalue weighted by molar-refractivity contribution is 7.99. The third kappa shape index (κ3) is 1.84. The van der Waals surface area contributed by atoms with Crippen molar-refractivity contribution >= 4 is 29.5 Å². The topological polar surface area (TPSA) is 32.3 Å². The molecule has 89 valence electrons. The van der Waals surface area contributed by atoms with Gasteiger partial charge in [-0.3, -0.25) is 4.79 Å². The molecule has 0 atom stereocenters. The van der Waals surface area contributed by atoms with Gasteiger partial charge in [-0.25, -0.2) is 0 Å². The Morgan fingerprint density at radius 3 is 2.11 bits per heavy atom. The molecular formula is C14H11N2OS. The van der Waals surface area contributed by atoms with Gasteiger partial charge in [-0.1, -0.05) is 36.0 Å². The summed E-state index contributed by atoms with van der Waals surface area (Å²) in [7, 11) is 0. The van der Waals surface area contributed by atoms with Crippen molar-refractivity contribution in [1.82, 2.24) is 5.32 Å². The first-order chi connectivity index (χ1) is 8.90. The first kappa shape index (κ1) is 11.2. The average molecular weight is 255 g/mol. The highest BCUT2D eigenvalue weighted by Crippen LogP contribution is 2.47. The Bertz CT molecular complexity index is 540. The summed E-state index contributed by atoms with van der Waals surface area (Å²) in [4.78, 5) is 14.9. The van der Waals surface area contributed by atoms with Crippen LogP contribution in [0.25, 0.3) is 0 Å². The number of hydrogen-bond donors (Lipinski definition) is 1.